The largest absolute Gasteiger partial charge is 0.337 e. The third-order valence-electron chi connectivity index (χ3n) is 3.28. The summed E-state index contributed by atoms with van der Waals surface area (Å²) >= 11 is 7.21. The summed E-state index contributed by atoms with van der Waals surface area (Å²) in [5.41, 5.74) is 1.13. The SMILES string of the molecule is CSc1ccc(C(=O)N(C)Cc2cccc(Cl)c2)cc1[N+](=O)[O-]. The van der Waals surface area contributed by atoms with Crippen molar-refractivity contribution in [3.8, 4) is 0 Å². The van der Waals surface area contributed by atoms with Crippen LogP contribution in [0.3, 0.4) is 0 Å². The van der Waals surface area contributed by atoms with Gasteiger partial charge in [0.15, 0.2) is 0 Å². The molecule has 2 rings (SSSR count). The number of nitro groups is 1. The van der Waals surface area contributed by atoms with Crippen molar-refractivity contribution < 1.29 is 9.72 Å². The van der Waals surface area contributed by atoms with Crippen molar-refractivity contribution in [1.29, 1.82) is 0 Å². The second-order valence-electron chi connectivity index (χ2n) is 4.93. The zero-order valence-corrected chi connectivity index (χ0v) is 14.2. The molecule has 0 aliphatic rings. The summed E-state index contributed by atoms with van der Waals surface area (Å²) in [5, 5.41) is 11.7. The highest BCUT2D eigenvalue weighted by atomic mass is 35.5. The molecule has 1 amide bonds. The number of amides is 1. The Morgan fingerprint density at radius 2 is 2.04 bits per heavy atom. The number of hydrogen-bond acceptors (Lipinski definition) is 4. The molecule has 0 aliphatic carbocycles. The lowest BCUT2D eigenvalue weighted by Gasteiger charge is -2.17. The minimum atomic E-state index is -0.473. The van der Waals surface area contributed by atoms with E-state index in [1.54, 1.807) is 37.6 Å². The van der Waals surface area contributed by atoms with Gasteiger partial charge in [0.1, 0.15) is 0 Å². The normalized spacial score (nSPS) is 10.4. The summed E-state index contributed by atoms with van der Waals surface area (Å²) in [7, 11) is 1.65. The van der Waals surface area contributed by atoms with Crippen LogP contribution in [0.1, 0.15) is 15.9 Å². The molecular formula is C16H15ClN2O3S. The molecule has 0 radical (unpaired) electrons. The van der Waals surface area contributed by atoms with Gasteiger partial charge in [0, 0.05) is 30.2 Å². The Hall–Kier alpha value is -2.05. The fourth-order valence-corrected chi connectivity index (χ4v) is 2.93. The van der Waals surface area contributed by atoms with Gasteiger partial charge in [0.25, 0.3) is 11.6 Å². The number of halogens is 1. The Morgan fingerprint density at radius 3 is 2.65 bits per heavy atom. The second kappa shape index (κ2) is 7.48. The predicted molar refractivity (Wildman–Crippen MR) is 92.1 cm³/mol. The smallest absolute Gasteiger partial charge is 0.283 e. The molecule has 0 bridgehead atoms. The van der Waals surface area contributed by atoms with E-state index in [0.29, 0.717) is 22.0 Å². The Kier molecular flexibility index (Phi) is 5.63. The van der Waals surface area contributed by atoms with E-state index in [1.165, 1.54) is 22.7 Å². The van der Waals surface area contributed by atoms with Crippen molar-refractivity contribution in [3.63, 3.8) is 0 Å². The van der Waals surface area contributed by atoms with Crippen LogP contribution < -0.4 is 0 Å². The Labute approximate surface area is 143 Å². The number of nitrogens with zero attached hydrogens (tertiary/aromatic N) is 2. The highest BCUT2D eigenvalue weighted by Crippen LogP contribution is 2.28. The van der Waals surface area contributed by atoms with Gasteiger partial charge in [-0.25, -0.2) is 0 Å². The first kappa shape index (κ1) is 17.3. The zero-order chi connectivity index (χ0) is 17.0. The molecule has 0 saturated carbocycles. The summed E-state index contributed by atoms with van der Waals surface area (Å²) < 4.78 is 0. The van der Waals surface area contributed by atoms with Crippen LogP contribution >= 0.6 is 23.4 Å². The Bertz CT molecular complexity index is 752. The third kappa shape index (κ3) is 4.24. The maximum atomic E-state index is 12.5. The van der Waals surface area contributed by atoms with Crippen molar-refractivity contribution in [3.05, 3.63) is 68.7 Å². The minimum Gasteiger partial charge on any atom is -0.337 e. The van der Waals surface area contributed by atoms with Crippen LogP contribution in [0.25, 0.3) is 0 Å². The maximum absolute atomic E-state index is 12.5. The molecule has 0 aromatic heterocycles. The molecular weight excluding hydrogens is 336 g/mol. The number of carbonyl (C=O) groups is 1. The van der Waals surface area contributed by atoms with Gasteiger partial charge >= 0.3 is 0 Å². The van der Waals surface area contributed by atoms with E-state index in [1.807, 2.05) is 12.1 Å². The number of benzene rings is 2. The van der Waals surface area contributed by atoms with Crippen LogP contribution in [-0.4, -0.2) is 29.0 Å². The lowest BCUT2D eigenvalue weighted by molar-refractivity contribution is -0.387. The summed E-state index contributed by atoms with van der Waals surface area (Å²) in [5.74, 6) is -0.277. The number of nitro benzene ring substituents is 1. The van der Waals surface area contributed by atoms with Crippen LogP contribution in [0.5, 0.6) is 0 Å². The first-order valence-corrected chi connectivity index (χ1v) is 8.35. The van der Waals surface area contributed by atoms with E-state index in [4.69, 9.17) is 11.6 Å². The van der Waals surface area contributed by atoms with Crippen LogP contribution in [0.4, 0.5) is 5.69 Å². The zero-order valence-electron chi connectivity index (χ0n) is 12.7. The van der Waals surface area contributed by atoms with Gasteiger partial charge in [-0.05, 0) is 36.1 Å². The van der Waals surface area contributed by atoms with Crippen LogP contribution in [-0.2, 0) is 6.54 Å². The molecule has 0 unspecified atom stereocenters. The van der Waals surface area contributed by atoms with E-state index in [2.05, 4.69) is 0 Å². The van der Waals surface area contributed by atoms with Crippen molar-refractivity contribution in [2.45, 2.75) is 11.4 Å². The fourth-order valence-electron chi connectivity index (χ4n) is 2.17. The average Bonchev–Trinajstić information content (AvgIpc) is 2.53. The van der Waals surface area contributed by atoms with Gasteiger partial charge < -0.3 is 4.90 Å². The molecule has 0 fully saturated rings. The van der Waals surface area contributed by atoms with Crippen LogP contribution in [0, 0.1) is 10.1 Å². The van der Waals surface area contributed by atoms with Crippen molar-refractivity contribution >= 4 is 35.0 Å². The first-order valence-electron chi connectivity index (χ1n) is 6.74. The lowest BCUT2D eigenvalue weighted by atomic mass is 10.1. The fraction of sp³-hybridized carbons (Fsp3) is 0.188. The third-order valence-corrected chi connectivity index (χ3v) is 4.30. The highest BCUT2D eigenvalue weighted by molar-refractivity contribution is 7.98. The van der Waals surface area contributed by atoms with Crippen molar-refractivity contribution in [1.82, 2.24) is 4.90 Å². The lowest BCUT2D eigenvalue weighted by Crippen LogP contribution is -2.26. The molecule has 2 aromatic carbocycles. The summed E-state index contributed by atoms with van der Waals surface area (Å²) in [6.07, 6.45) is 1.76. The monoisotopic (exact) mass is 350 g/mol. The molecule has 2 aromatic rings. The van der Waals surface area contributed by atoms with E-state index < -0.39 is 4.92 Å². The summed E-state index contributed by atoms with van der Waals surface area (Å²) in [6.45, 7) is 0.372. The van der Waals surface area contributed by atoms with Crippen LogP contribution in [0.2, 0.25) is 5.02 Å². The van der Waals surface area contributed by atoms with Gasteiger partial charge in [0.2, 0.25) is 0 Å². The number of carbonyl (C=O) groups excluding carboxylic acids is 1. The van der Waals surface area contributed by atoms with Gasteiger partial charge in [-0.2, -0.15) is 0 Å². The molecule has 0 heterocycles. The predicted octanol–water partition coefficient (Wildman–Crippen LogP) is 4.24. The Morgan fingerprint density at radius 1 is 1.30 bits per heavy atom. The van der Waals surface area contributed by atoms with E-state index in [-0.39, 0.29) is 11.6 Å². The molecule has 5 nitrogen and oxygen atoms in total. The molecule has 120 valence electrons. The quantitative estimate of drug-likeness (QED) is 0.459. The standard InChI is InChI=1S/C16H15ClN2O3S/c1-18(10-11-4-3-5-13(17)8-11)16(20)12-6-7-15(23-2)14(9-12)19(21)22/h3-9H,10H2,1-2H3. The number of thioether (sulfide) groups is 1. The maximum Gasteiger partial charge on any atom is 0.283 e. The summed E-state index contributed by atoms with van der Waals surface area (Å²) in [6, 6.07) is 11.8. The molecule has 0 N–H and O–H groups in total. The molecule has 23 heavy (non-hydrogen) atoms. The minimum absolute atomic E-state index is 0.0560. The average molecular weight is 351 g/mol. The number of rotatable bonds is 5. The Balaban J connectivity index is 2.22. The van der Waals surface area contributed by atoms with Gasteiger partial charge in [-0.15, -0.1) is 11.8 Å². The molecule has 7 heteroatoms. The van der Waals surface area contributed by atoms with E-state index in [0.717, 1.165) is 5.56 Å². The van der Waals surface area contributed by atoms with Crippen LogP contribution in [0.15, 0.2) is 47.4 Å². The summed E-state index contributed by atoms with van der Waals surface area (Å²) in [4.78, 5) is 25.1. The van der Waals surface area contributed by atoms with Gasteiger partial charge in [-0.3, -0.25) is 14.9 Å². The first-order chi connectivity index (χ1) is 10.9. The molecule has 0 aliphatic heterocycles. The molecule has 0 saturated heterocycles. The highest BCUT2D eigenvalue weighted by Gasteiger charge is 2.19. The van der Waals surface area contributed by atoms with Gasteiger partial charge in [0.05, 0.1) is 9.82 Å². The topological polar surface area (TPSA) is 63.5 Å². The molecule has 0 spiro atoms. The van der Waals surface area contributed by atoms with E-state index in [9.17, 15) is 14.9 Å². The number of hydrogen-bond donors (Lipinski definition) is 0. The van der Waals surface area contributed by atoms with E-state index >= 15 is 0 Å². The van der Waals surface area contributed by atoms with Crippen molar-refractivity contribution in [2.75, 3.05) is 13.3 Å². The second-order valence-corrected chi connectivity index (χ2v) is 6.22. The van der Waals surface area contributed by atoms with Crippen molar-refractivity contribution in [2.24, 2.45) is 0 Å². The molecule has 0 atom stereocenters. The van der Waals surface area contributed by atoms with Gasteiger partial charge in [-0.1, -0.05) is 23.7 Å².